The molecule has 0 saturated carbocycles. The van der Waals surface area contributed by atoms with E-state index in [2.05, 4.69) is 0 Å². The first-order valence-electron chi connectivity index (χ1n) is 7.98. The van der Waals surface area contributed by atoms with Crippen LogP contribution >= 0.6 is 0 Å². The average molecular weight is 325 g/mol. The smallest absolute Gasteiger partial charge is 0.254 e. The van der Waals surface area contributed by atoms with Crippen LogP contribution in [0.5, 0.6) is 11.5 Å². The molecule has 2 aliphatic heterocycles. The van der Waals surface area contributed by atoms with Gasteiger partial charge in [-0.15, -0.1) is 0 Å². The van der Waals surface area contributed by atoms with Crippen molar-refractivity contribution < 1.29 is 19.4 Å². The number of rotatable bonds is 2. The van der Waals surface area contributed by atoms with Gasteiger partial charge in [-0.25, -0.2) is 0 Å². The van der Waals surface area contributed by atoms with E-state index in [-0.39, 0.29) is 5.91 Å². The summed E-state index contributed by atoms with van der Waals surface area (Å²) >= 11 is 0. The maximum atomic E-state index is 12.8. The monoisotopic (exact) mass is 325 g/mol. The zero-order chi connectivity index (χ0) is 16.8. The minimum atomic E-state index is -0.754. The Labute approximate surface area is 140 Å². The highest BCUT2D eigenvalue weighted by Crippen LogP contribution is 2.46. The van der Waals surface area contributed by atoms with Crippen LogP contribution in [0.2, 0.25) is 0 Å². The summed E-state index contributed by atoms with van der Waals surface area (Å²) in [5.41, 5.74) is 3.28. The Kier molecular flexibility index (Phi) is 3.46. The van der Waals surface area contributed by atoms with E-state index >= 15 is 0 Å². The SMILES string of the molecule is COc1cc2c(cc1OC)C1C(O)c3ccccc3C(=O)N1CC2. The number of aliphatic hydroxyl groups excluding tert-OH is 1. The quantitative estimate of drug-likeness (QED) is 0.921. The topological polar surface area (TPSA) is 59.0 Å². The Bertz CT molecular complexity index is 817. The third-order valence-corrected chi connectivity index (χ3v) is 4.99. The lowest BCUT2D eigenvalue weighted by molar-refractivity contribution is 0.0213. The van der Waals surface area contributed by atoms with Crippen molar-refractivity contribution in [3.63, 3.8) is 0 Å². The van der Waals surface area contributed by atoms with Crippen molar-refractivity contribution in [1.29, 1.82) is 0 Å². The van der Waals surface area contributed by atoms with E-state index in [9.17, 15) is 9.90 Å². The molecule has 4 rings (SSSR count). The number of methoxy groups -OCH3 is 2. The molecule has 0 radical (unpaired) electrons. The zero-order valence-corrected chi connectivity index (χ0v) is 13.7. The van der Waals surface area contributed by atoms with Gasteiger partial charge < -0.3 is 19.5 Å². The van der Waals surface area contributed by atoms with Crippen LogP contribution in [0.4, 0.5) is 0 Å². The number of aliphatic hydroxyl groups is 1. The first-order valence-corrected chi connectivity index (χ1v) is 7.98. The fourth-order valence-electron chi connectivity index (χ4n) is 3.82. The third kappa shape index (κ3) is 2.01. The number of benzene rings is 2. The molecule has 2 aromatic rings. The van der Waals surface area contributed by atoms with Gasteiger partial charge in [0.05, 0.1) is 20.3 Å². The number of hydrogen-bond acceptors (Lipinski definition) is 4. The van der Waals surface area contributed by atoms with Gasteiger partial charge in [0.2, 0.25) is 0 Å². The second-order valence-electron chi connectivity index (χ2n) is 6.13. The molecule has 1 N–H and O–H groups in total. The summed E-state index contributed by atoms with van der Waals surface area (Å²) in [6.45, 7) is 0.581. The lowest BCUT2D eigenvalue weighted by Gasteiger charge is -2.44. The van der Waals surface area contributed by atoms with Gasteiger partial charge in [-0.05, 0) is 41.3 Å². The normalized spacial score (nSPS) is 21.6. The van der Waals surface area contributed by atoms with E-state index in [1.54, 1.807) is 25.2 Å². The van der Waals surface area contributed by atoms with Gasteiger partial charge in [-0.2, -0.15) is 0 Å². The van der Waals surface area contributed by atoms with Crippen LogP contribution in [0.1, 0.15) is 39.2 Å². The molecule has 2 heterocycles. The van der Waals surface area contributed by atoms with Crippen LogP contribution in [0.3, 0.4) is 0 Å². The summed E-state index contributed by atoms with van der Waals surface area (Å²) < 4.78 is 10.8. The van der Waals surface area contributed by atoms with Gasteiger partial charge >= 0.3 is 0 Å². The number of carbonyl (C=O) groups excluding carboxylic acids is 1. The lowest BCUT2D eigenvalue weighted by atomic mass is 9.81. The molecule has 0 fully saturated rings. The highest BCUT2D eigenvalue weighted by atomic mass is 16.5. The Morgan fingerprint density at radius 1 is 1.08 bits per heavy atom. The van der Waals surface area contributed by atoms with E-state index in [0.717, 1.165) is 17.5 Å². The highest BCUT2D eigenvalue weighted by Gasteiger charge is 2.42. The average Bonchev–Trinajstić information content (AvgIpc) is 2.64. The van der Waals surface area contributed by atoms with Crippen LogP contribution < -0.4 is 9.47 Å². The van der Waals surface area contributed by atoms with E-state index < -0.39 is 12.1 Å². The van der Waals surface area contributed by atoms with Crippen LogP contribution in [0.15, 0.2) is 36.4 Å². The molecule has 1 amide bonds. The Hall–Kier alpha value is -2.53. The molecule has 5 nitrogen and oxygen atoms in total. The number of fused-ring (bicyclic) bond motifs is 4. The lowest BCUT2D eigenvalue weighted by Crippen LogP contribution is -2.46. The molecule has 0 saturated heterocycles. The predicted molar refractivity (Wildman–Crippen MR) is 88.4 cm³/mol. The van der Waals surface area contributed by atoms with Crippen molar-refractivity contribution in [2.24, 2.45) is 0 Å². The van der Waals surface area contributed by atoms with Crippen LogP contribution in [-0.2, 0) is 6.42 Å². The van der Waals surface area contributed by atoms with Crippen LogP contribution in [0.25, 0.3) is 0 Å². The Morgan fingerprint density at radius 3 is 2.54 bits per heavy atom. The molecule has 0 spiro atoms. The summed E-state index contributed by atoms with van der Waals surface area (Å²) in [5.74, 6) is 1.25. The molecular weight excluding hydrogens is 306 g/mol. The fraction of sp³-hybridized carbons (Fsp3) is 0.316. The molecule has 2 atom stereocenters. The number of hydrogen-bond donors (Lipinski definition) is 1. The van der Waals surface area contributed by atoms with Crippen molar-refractivity contribution in [2.45, 2.75) is 18.6 Å². The van der Waals surface area contributed by atoms with Gasteiger partial charge in [-0.3, -0.25) is 4.79 Å². The van der Waals surface area contributed by atoms with Crippen molar-refractivity contribution in [3.8, 4) is 11.5 Å². The first-order chi connectivity index (χ1) is 11.7. The van der Waals surface area contributed by atoms with Gasteiger partial charge in [0.1, 0.15) is 6.10 Å². The largest absolute Gasteiger partial charge is 0.493 e. The van der Waals surface area contributed by atoms with Gasteiger partial charge in [0.25, 0.3) is 5.91 Å². The molecule has 24 heavy (non-hydrogen) atoms. The minimum absolute atomic E-state index is 0.0265. The number of amides is 1. The standard InChI is InChI=1S/C19H19NO4/c1-23-15-9-11-7-8-20-17(14(11)10-16(15)24-2)18(21)12-5-3-4-6-13(12)19(20)22/h3-6,9-10,17-18,21H,7-8H2,1-2H3. The molecule has 124 valence electrons. The van der Waals surface area contributed by atoms with Gasteiger partial charge in [0.15, 0.2) is 11.5 Å². The summed E-state index contributed by atoms with van der Waals surface area (Å²) in [5, 5.41) is 10.9. The molecule has 5 heteroatoms. The maximum absolute atomic E-state index is 12.8. The molecule has 2 aromatic carbocycles. The molecule has 2 unspecified atom stereocenters. The third-order valence-electron chi connectivity index (χ3n) is 4.99. The zero-order valence-electron chi connectivity index (χ0n) is 13.7. The van der Waals surface area contributed by atoms with Crippen LogP contribution in [-0.4, -0.2) is 36.7 Å². The number of nitrogens with zero attached hydrogens (tertiary/aromatic N) is 1. The summed E-state index contributed by atoms with van der Waals surface area (Å²) in [6, 6.07) is 10.7. The molecule has 0 bridgehead atoms. The minimum Gasteiger partial charge on any atom is -0.493 e. The highest BCUT2D eigenvalue weighted by molar-refractivity contribution is 5.97. The van der Waals surface area contributed by atoms with Crippen molar-refractivity contribution in [3.05, 3.63) is 58.7 Å². The predicted octanol–water partition coefficient (Wildman–Crippen LogP) is 2.49. The summed E-state index contributed by atoms with van der Waals surface area (Å²) in [6.07, 6.45) is -0.0247. The van der Waals surface area contributed by atoms with E-state index in [1.807, 2.05) is 30.3 Å². The van der Waals surface area contributed by atoms with Gasteiger partial charge in [0, 0.05) is 12.1 Å². The molecule has 0 aliphatic carbocycles. The Balaban J connectivity index is 1.88. The van der Waals surface area contributed by atoms with E-state index in [1.165, 1.54) is 0 Å². The molecule has 2 aliphatic rings. The van der Waals surface area contributed by atoms with Gasteiger partial charge in [-0.1, -0.05) is 18.2 Å². The molecule has 0 aromatic heterocycles. The number of carbonyl (C=O) groups is 1. The first kappa shape index (κ1) is 15.0. The number of ether oxygens (including phenoxy) is 2. The van der Waals surface area contributed by atoms with E-state index in [4.69, 9.17) is 9.47 Å². The van der Waals surface area contributed by atoms with Crippen LogP contribution in [0, 0.1) is 0 Å². The van der Waals surface area contributed by atoms with Crippen molar-refractivity contribution in [2.75, 3.05) is 20.8 Å². The molecular formula is C19H19NO4. The maximum Gasteiger partial charge on any atom is 0.254 e. The second-order valence-corrected chi connectivity index (χ2v) is 6.13. The summed E-state index contributed by atoms with van der Waals surface area (Å²) in [7, 11) is 3.19. The fourth-order valence-corrected chi connectivity index (χ4v) is 3.82. The van der Waals surface area contributed by atoms with Crippen molar-refractivity contribution in [1.82, 2.24) is 4.90 Å². The Morgan fingerprint density at radius 2 is 1.79 bits per heavy atom. The second kappa shape index (κ2) is 5.53. The van der Waals surface area contributed by atoms with E-state index in [0.29, 0.717) is 29.2 Å². The summed E-state index contributed by atoms with van der Waals surface area (Å²) in [4.78, 5) is 14.6. The van der Waals surface area contributed by atoms with Crippen molar-refractivity contribution >= 4 is 5.91 Å².